The predicted molar refractivity (Wildman–Crippen MR) is 205 cm³/mol. The van der Waals surface area contributed by atoms with Crippen LogP contribution < -0.4 is 25.0 Å². The highest BCUT2D eigenvalue weighted by Crippen LogP contribution is 2.37. The number of aromatic nitrogens is 6. The van der Waals surface area contributed by atoms with Crippen molar-refractivity contribution in [2.24, 2.45) is 0 Å². The van der Waals surface area contributed by atoms with Gasteiger partial charge >= 0.3 is 0 Å². The van der Waals surface area contributed by atoms with Gasteiger partial charge in [0.05, 0.1) is 41.9 Å². The molecule has 6 rings (SSSR count). The van der Waals surface area contributed by atoms with Crippen molar-refractivity contribution in [2.45, 2.75) is 63.6 Å². The van der Waals surface area contributed by atoms with Crippen LogP contribution in [0, 0.1) is 13.8 Å². The minimum absolute atomic E-state index is 0. The van der Waals surface area contributed by atoms with Crippen LogP contribution >= 0.6 is 12.4 Å². The molecular formula is C35H50ClN11O5S. The topological polar surface area (TPSA) is 184 Å². The molecule has 0 bridgehead atoms. The van der Waals surface area contributed by atoms with Gasteiger partial charge < -0.3 is 29.9 Å². The standard InChI is InChI=1S/C35H49N11O5S.ClH/c1-23-24(2)42-43-31(23)41-32-27-18-30(52(48,49)35(4,5)6)29(19-28(27)39-22-40-32)51-16-7-9-44-11-13-46(14-12-44)34-37-20-26(21-38-34)50-17-15-45-10-8-36-25(3)33(45)47;/h18-22,25,36H,7-17H2,1-6H3,(H2,39,40,41,42,43);1H. The molecule has 16 nitrogen and oxygen atoms in total. The van der Waals surface area contributed by atoms with Crippen molar-refractivity contribution in [1.29, 1.82) is 0 Å². The van der Waals surface area contributed by atoms with E-state index in [1.54, 1.807) is 45.3 Å². The summed E-state index contributed by atoms with van der Waals surface area (Å²) in [7, 11) is -3.78. The van der Waals surface area contributed by atoms with E-state index >= 15 is 0 Å². The molecule has 1 amide bonds. The number of sulfone groups is 1. The quantitative estimate of drug-likeness (QED) is 0.168. The summed E-state index contributed by atoms with van der Waals surface area (Å²) >= 11 is 0. The largest absolute Gasteiger partial charge is 0.492 e. The summed E-state index contributed by atoms with van der Waals surface area (Å²) in [4.78, 5) is 36.6. The number of hydrogen-bond donors (Lipinski definition) is 3. The third-order valence-electron chi connectivity index (χ3n) is 9.58. The van der Waals surface area contributed by atoms with Gasteiger partial charge in [0.15, 0.2) is 21.4 Å². The molecule has 4 aromatic rings. The lowest BCUT2D eigenvalue weighted by Gasteiger charge is -2.34. The lowest BCUT2D eigenvalue weighted by molar-refractivity contribution is -0.135. The van der Waals surface area contributed by atoms with Crippen molar-refractivity contribution in [2.75, 3.05) is 75.8 Å². The van der Waals surface area contributed by atoms with E-state index in [4.69, 9.17) is 9.47 Å². The van der Waals surface area contributed by atoms with Crippen molar-refractivity contribution in [3.05, 3.63) is 42.1 Å². The van der Waals surface area contributed by atoms with E-state index in [1.165, 1.54) is 6.33 Å². The molecule has 1 unspecified atom stereocenters. The number of aromatic amines is 1. The van der Waals surface area contributed by atoms with Crippen LogP contribution in [0.2, 0.25) is 0 Å². The Bertz CT molecular complexity index is 1980. The summed E-state index contributed by atoms with van der Waals surface area (Å²) in [5.41, 5.74) is 2.42. The third kappa shape index (κ3) is 9.08. The second kappa shape index (κ2) is 16.8. The molecule has 2 aliphatic heterocycles. The summed E-state index contributed by atoms with van der Waals surface area (Å²) in [5.74, 6) is 2.67. The molecule has 18 heteroatoms. The second-order valence-electron chi connectivity index (χ2n) is 14.2. The number of halogens is 1. The zero-order valence-electron chi connectivity index (χ0n) is 31.2. The van der Waals surface area contributed by atoms with Gasteiger partial charge in [0.1, 0.15) is 29.4 Å². The smallest absolute Gasteiger partial charge is 0.239 e. The van der Waals surface area contributed by atoms with Gasteiger partial charge in [-0.3, -0.25) is 14.8 Å². The first-order valence-corrected chi connectivity index (χ1v) is 19.2. The van der Waals surface area contributed by atoms with E-state index in [0.29, 0.717) is 67.0 Å². The van der Waals surface area contributed by atoms with E-state index in [1.807, 2.05) is 25.7 Å². The number of benzene rings is 1. The Kier molecular flexibility index (Phi) is 12.6. The maximum atomic E-state index is 13.8. The van der Waals surface area contributed by atoms with Crippen LogP contribution in [0.3, 0.4) is 0 Å². The molecule has 3 aromatic heterocycles. The number of rotatable bonds is 13. The normalized spacial score (nSPS) is 17.2. The van der Waals surface area contributed by atoms with Crippen molar-refractivity contribution < 1.29 is 22.7 Å². The van der Waals surface area contributed by atoms with Crippen LogP contribution in [-0.2, 0) is 14.6 Å². The fourth-order valence-electron chi connectivity index (χ4n) is 6.11. The van der Waals surface area contributed by atoms with Gasteiger partial charge in [0.2, 0.25) is 11.9 Å². The number of carbonyl (C=O) groups excluding carboxylic acids is 1. The lowest BCUT2D eigenvalue weighted by Crippen LogP contribution is -2.54. The minimum atomic E-state index is -3.78. The summed E-state index contributed by atoms with van der Waals surface area (Å²) in [6.07, 6.45) is 5.51. The molecule has 0 radical (unpaired) electrons. The molecule has 1 aromatic carbocycles. The second-order valence-corrected chi connectivity index (χ2v) is 16.9. The van der Waals surface area contributed by atoms with Gasteiger partial charge in [0.25, 0.3) is 0 Å². The zero-order chi connectivity index (χ0) is 37.0. The maximum Gasteiger partial charge on any atom is 0.239 e. The van der Waals surface area contributed by atoms with Crippen LogP contribution in [0.5, 0.6) is 11.5 Å². The number of carbonyl (C=O) groups is 1. The number of hydrogen-bond acceptors (Lipinski definition) is 14. The number of piperazine rings is 2. The van der Waals surface area contributed by atoms with Crippen LogP contribution in [0.4, 0.5) is 17.6 Å². The molecule has 288 valence electrons. The van der Waals surface area contributed by atoms with E-state index in [-0.39, 0.29) is 35.0 Å². The number of nitrogens with one attached hydrogen (secondary N) is 3. The fourth-order valence-corrected chi connectivity index (χ4v) is 7.42. The van der Waals surface area contributed by atoms with Crippen molar-refractivity contribution in [3.63, 3.8) is 0 Å². The van der Waals surface area contributed by atoms with E-state index < -0.39 is 14.6 Å². The Morgan fingerprint density at radius 2 is 1.68 bits per heavy atom. The number of ether oxygens (including phenoxy) is 2. The first kappa shape index (κ1) is 39.9. The molecule has 2 fully saturated rings. The number of H-pyrrole nitrogens is 1. The summed E-state index contributed by atoms with van der Waals surface area (Å²) in [6, 6.07) is 3.13. The molecule has 0 aliphatic carbocycles. The summed E-state index contributed by atoms with van der Waals surface area (Å²) in [6.45, 7) is 17.5. The molecule has 3 N–H and O–H groups in total. The van der Waals surface area contributed by atoms with Gasteiger partial charge in [0, 0.05) is 68.5 Å². The van der Waals surface area contributed by atoms with E-state index in [9.17, 15) is 13.2 Å². The number of nitrogens with zero attached hydrogens (tertiary/aromatic N) is 8. The highest BCUT2D eigenvalue weighted by atomic mass is 35.5. The Labute approximate surface area is 316 Å². The van der Waals surface area contributed by atoms with Crippen LogP contribution in [-0.4, -0.2) is 131 Å². The molecule has 2 aliphatic rings. The van der Waals surface area contributed by atoms with Crippen molar-refractivity contribution in [3.8, 4) is 11.5 Å². The van der Waals surface area contributed by atoms with Gasteiger partial charge in [-0.2, -0.15) is 5.10 Å². The molecule has 53 heavy (non-hydrogen) atoms. The number of amides is 1. The SMILES string of the molecule is Cc1[nH]nc(Nc2ncnc3cc(OCCCN4CCN(c5ncc(OCCN6CCNC(C)C6=O)cn5)CC4)c(S(=O)(=O)C(C)(C)C)cc23)c1C.Cl. The summed E-state index contributed by atoms with van der Waals surface area (Å²) in [5, 5.41) is 14.2. The first-order chi connectivity index (χ1) is 24.8. The van der Waals surface area contributed by atoms with Gasteiger partial charge in [-0.1, -0.05) is 0 Å². The molecular weight excluding hydrogens is 722 g/mol. The highest BCUT2D eigenvalue weighted by molar-refractivity contribution is 7.92. The first-order valence-electron chi connectivity index (χ1n) is 17.7. The summed E-state index contributed by atoms with van der Waals surface area (Å²) < 4.78 is 38.6. The molecule has 5 heterocycles. The number of anilines is 3. The van der Waals surface area contributed by atoms with E-state index in [2.05, 4.69) is 50.6 Å². The Morgan fingerprint density at radius 1 is 0.943 bits per heavy atom. The van der Waals surface area contributed by atoms with Crippen LogP contribution in [0.15, 0.2) is 35.7 Å². The highest BCUT2D eigenvalue weighted by Gasteiger charge is 2.34. The zero-order valence-corrected chi connectivity index (χ0v) is 32.8. The molecule has 0 spiro atoms. The number of fused-ring (bicyclic) bond motifs is 1. The maximum absolute atomic E-state index is 13.8. The van der Waals surface area contributed by atoms with Gasteiger partial charge in [-0.25, -0.2) is 28.4 Å². The van der Waals surface area contributed by atoms with Gasteiger partial charge in [-0.05, 0) is 54.0 Å². The Morgan fingerprint density at radius 3 is 2.36 bits per heavy atom. The van der Waals surface area contributed by atoms with Crippen molar-refractivity contribution >= 4 is 56.6 Å². The van der Waals surface area contributed by atoms with Crippen LogP contribution in [0.25, 0.3) is 10.9 Å². The average molecular weight is 772 g/mol. The van der Waals surface area contributed by atoms with E-state index in [0.717, 1.165) is 50.5 Å². The van der Waals surface area contributed by atoms with Gasteiger partial charge in [-0.15, -0.1) is 12.4 Å². The number of aryl methyl sites for hydroxylation is 1. The molecule has 2 saturated heterocycles. The molecule has 0 saturated carbocycles. The Hall–Kier alpha value is -4.32. The lowest BCUT2D eigenvalue weighted by atomic mass is 10.2. The van der Waals surface area contributed by atoms with Crippen LogP contribution in [0.1, 0.15) is 45.4 Å². The monoisotopic (exact) mass is 771 g/mol. The average Bonchev–Trinajstić information content (AvgIpc) is 3.44. The predicted octanol–water partition coefficient (Wildman–Crippen LogP) is 3.29. The fraction of sp³-hybridized carbons (Fsp3) is 0.543. The van der Waals surface area contributed by atoms with Crippen molar-refractivity contribution in [1.82, 2.24) is 45.2 Å². The molecule has 1 atom stereocenters. The minimum Gasteiger partial charge on any atom is -0.492 e. The Balaban J connectivity index is 0.00000541. The third-order valence-corrected chi connectivity index (χ3v) is 12.1.